The maximum absolute atomic E-state index is 6.47. The number of benzene rings is 2. The standard InChI is InChI=1S/C20H25ClN2O/c1-16-6-2-3-7-17(16)14-22-15-20(23-10-12-24-13-11-23)18-8-4-5-9-19(18)21/h2-9,20,22H,10-15H2,1H3. The zero-order valence-electron chi connectivity index (χ0n) is 14.2. The normalized spacial score (nSPS) is 16.9. The third kappa shape index (κ3) is 4.37. The second-order valence-electron chi connectivity index (χ2n) is 6.24. The van der Waals surface area contributed by atoms with E-state index in [1.54, 1.807) is 0 Å². The number of halogens is 1. The van der Waals surface area contributed by atoms with Crippen LogP contribution in [-0.2, 0) is 11.3 Å². The summed E-state index contributed by atoms with van der Waals surface area (Å²) >= 11 is 6.47. The molecule has 1 N–H and O–H groups in total. The lowest BCUT2D eigenvalue weighted by Gasteiger charge is -2.35. The lowest BCUT2D eigenvalue weighted by atomic mass is 10.0. The van der Waals surface area contributed by atoms with Crippen LogP contribution in [0.2, 0.25) is 5.02 Å². The smallest absolute Gasteiger partial charge is 0.0594 e. The lowest BCUT2D eigenvalue weighted by molar-refractivity contribution is 0.0161. The highest BCUT2D eigenvalue weighted by Crippen LogP contribution is 2.27. The van der Waals surface area contributed by atoms with Gasteiger partial charge in [-0.1, -0.05) is 54.1 Å². The van der Waals surface area contributed by atoms with Crippen molar-refractivity contribution in [2.45, 2.75) is 19.5 Å². The van der Waals surface area contributed by atoms with Crippen LogP contribution in [0.1, 0.15) is 22.7 Å². The molecule has 2 aromatic rings. The van der Waals surface area contributed by atoms with Gasteiger partial charge in [0.05, 0.1) is 13.2 Å². The molecule has 1 aliphatic rings. The highest BCUT2D eigenvalue weighted by Gasteiger charge is 2.23. The fraction of sp³-hybridized carbons (Fsp3) is 0.400. The predicted molar refractivity (Wildman–Crippen MR) is 99.5 cm³/mol. The number of nitrogens with one attached hydrogen (secondary N) is 1. The first-order valence-electron chi connectivity index (χ1n) is 8.57. The van der Waals surface area contributed by atoms with E-state index in [9.17, 15) is 0 Å². The zero-order chi connectivity index (χ0) is 16.8. The zero-order valence-corrected chi connectivity index (χ0v) is 14.9. The van der Waals surface area contributed by atoms with Gasteiger partial charge in [-0.2, -0.15) is 0 Å². The first-order valence-corrected chi connectivity index (χ1v) is 8.95. The van der Waals surface area contributed by atoms with Gasteiger partial charge < -0.3 is 10.1 Å². The van der Waals surface area contributed by atoms with E-state index in [0.29, 0.717) is 0 Å². The van der Waals surface area contributed by atoms with Gasteiger partial charge in [-0.15, -0.1) is 0 Å². The summed E-state index contributed by atoms with van der Waals surface area (Å²) in [6, 6.07) is 17.0. The van der Waals surface area contributed by atoms with Crippen LogP contribution in [0.25, 0.3) is 0 Å². The SMILES string of the molecule is Cc1ccccc1CNCC(c1ccccc1Cl)N1CCOCC1. The van der Waals surface area contributed by atoms with Crippen LogP contribution in [0, 0.1) is 6.92 Å². The van der Waals surface area contributed by atoms with Crippen LogP contribution in [0.15, 0.2) is 48.5 Å². The van der Waals surface area contributed by atoms with E-state index < -0.39 is 0 Å². The average molecular weight is 345 g/mol. The number of morpholine rings is 1. The van der Waals surface area contributed by atoms with E-state index in [2.05, 4.69) is 53.5 Å². The number of rotatable bonds is 6. The van der Waals surface area contributed by atoms with Crippen molar-refractivity contribution < 1.29 is 4.74 Å². The largest absolute Gasteiger partial charge is 0.379 e. The van der Waals surface area contributed by atoms with Crippen molar-refractivity contribution in [3.8, 4) is 0 Å². The van der Waals surface area contributed by atoms with Crippen LogP contribution in [-0.4, -0.2) is 37.7 Å². The molecular formula is C20H25ClN2O. The first-order chi connectivity index (χ1) is 11.8. The Morgan fingerprint density at radius 3 is 2.54 bits per heavy atom. The van der Waals surface area contributed by atoms with Crippen molar-refractivity contribution >= 4 is 11.6 Å². The minimum atomic E-state index is 0.270. The molecular weight excluding hydrogens is 320 g/mol. The molecule has 1 aliphatic heterocycles. The van der Waals surface area contributed by atoms with Crippen molar-refractivity contribution in [2.24, 2.45) is 0 Å². The molecule has 1 saturated heterocycles. The number of hydrogen-bond acceptors (Lipinski definition) is 3. The summed E-state index contributed by atoms with van der Waals surface area (Å²) in [4.78, 5) is 2.47. The van der Waals surface area contributed by atoms with Gasteiger partial charge in [-0.25, -0.2) is 0 Å². The summed E-state index contributed by atoms with van der Waals surface area (Å²) in [7, 11) is 0. The summed E-state index contributed by atoms with van der Waals surface area (Å²) in [5, 5.41) is 4.46. The van der Waals surface area contributed by atoms with Gasteiger partial charge in [-0.3, -0.25) is 4.90 Å². The maximum atomic E-state index is 6.47. The van der Waals surface area contributed by atoms with Gasteiger partial charge in [0.2, 0.25) is 0 Å². The Morgan fingerprint density at radius 2 is 1.79 bits per heavy atom. The van der Waals surface area contributed by atoms with E-state index in [1.807, 2.05) is 12.1 Å². The van der Waals surface area contributed by atoms with Crippen LogP contribution in [0.5, 0.6) is 0 Å². The molecule has 4 heteroatoms. The maximum Gasteiger partial charge on any atom is 0.0594 e. The molecule has 0 saturated carbocycles. The molecule has 24 heavy (non-hydrogen) atoms. The van der Waals surface area contributed by atoms with Gasteiger partial charge in [0.15, 0.2) is 0 Å². The number of hydrogen-bond donors (Lipinski definition) is 1. The molecule has 1 fully saturated rings. The molecule has 128 valence electrons. The monoisotopic (exact) mass is 344 g/mol. The Labute approximate surface area is 149 Å². The molecule has 1 unspecified atom stereocenters. The topological polar surface area (TPSA) is 24.5 Å². The third-order valence-electron chi connectivity index (χ3n) is 4.67. The van der Waals surface area contributed by atoms with Crippen LogP contribution < -0.4 is 5.32 Å². The number of aryl methyl sites for hydroxylation is 1. The summed E-state index contributed by atoms with van der Waals surface area (Å²) in [6.07, 6.45) is 0. The van der Waals surface area contributed by atoms with Gasteiger partial charge in [0, 0.05) is 37.2 Å². The first kappa shape index (κ1) is 17.4. The molecule has 0 spiro atoms. The van der Waals surface area contributed by atoms with Crippen molar-refractivity contribution in [3.63, 3.8) is 0 Å². The lowest BCUT2D eigenvalue weighted by Crippen LogP contribution is -2.42. The van der Waals surface area contributed by atoms with Crippen molar-refractivity contribution in [1.29, 1.82) is 0 Å². The molecule has 0 radical (unpaired) electrons. The third-order valence-corrected chi connectivity index (χ3v) is 5.01. The summed E-state index contributed by atoms with van der Waals surface area (Å²) in [5.74, 6) is 0. The molecule has 3 rings (SSSR count). The minimum Gasteiger partial charge on any atom is -0.379 e. The van der Waals surface area contributed by atoms with E-state index in [0.717, 1.165) is 44.4 Å². The van der Waals surface area contributed by atoms with Crippen LogP contribution in [0.4, 0.5) is 0 Å². The van der Waals surface area contributed by atoms with Crippen LogP contribution >= 0.6 is 11.6 Å². The van der Waals surface area contributed by atoms with Gasteiger partial charge >= 0.3 is 0 Å². The number of ether oxygens (including phenoxy) is 1. The van der Waals surface area contributed by atoms with Crippen LogP contribution in [0.3, 0.4) is 0 Å². The van der Waals surface area contributed by atoms with Gasteiger partial charge in [-0.05, 0) is 29.7 Å². The second-order valence-corrected chi connectivity index (χ2v) is 6.65. The highest BCUT2D eigenvalue weighted by molar-refractivity contribution is 6.31. The molecule has 2 aromatic carbocycles. The Hall–Kier alpha value is -1.39. The molecule has 0 aromatic heterocycles. The van der Waals surface area contributed by atoms with E-state index in [1.165, 1.54) is 16.7 Å². The fourth-order valence-corrected chi connectivity index (χ4v) is 3.48. The van der Waals surface area contributed by atoms with E-state index in [-0.39, 0.29) is 6.04 Å². The summed E-state index contributed by atoms with van der Waals surface area (Å²) in [6.45, 7) is 7.38. The van der Waals surface area contributed by atoms with Crippen molar-refractivity contribution in [3.05, 3.63) is 70.2 Å². The van der Waals surface area contributed by atoms with Crippen molar-refractivity contribution in [2.75, 3.05) is 32.8 Å². The Balaban J connectivity index is 1.70. The number of nitrogens with zero attached hydrogens (tertiary/aromatic N) is 1. The Bertz CT molecular complexity index is 656. The van der Waals surface area contributed by atoms with Gasteiger partial charge in [0.25, 0.3) is 0 Å². The predicted octanol–water partition coefficient (Wildman–Crippen LogP) is 3.81. The molecule has 1 atom stereocenters. The highest BCUT2D eigenvalue weighted by atomic mass is 35.5. The Morgan fingerprint density at radius 1 is 1.08 bits per heavy atom. The molecule has 0 amide bonds. The van der Waals surface area contributed by atoms with E-state index >= 15 is 0 Å². The Kier molecular flexibility index (Phi) is 6.27. The molecule has 0 aliphatic carbocycles. The van der Waals surface area contributed by atoms with Crippen molar-refractivity contribution in [1.82, 2.24) is 10.2 Å². The van der Waals surface area contributed by atoms with Gasteiger partial charge in [0.1, 0.15) is 0 Å². The molecule has 3 nitrogen and oxygen atoms in total. The second kappa shape index (κ2) is 8.63. The molecule has 1 heterocycles. The molecule has 0 bridgehead atoms. The van der Waals surface area contributed by atoms with E-state index in [4.69, 9.17) is 16.3 Å². The quantitative estimate of drug-likeness (QED) is 0.862. The summed E-state index contributed by atoms with van der Waals surface area (Å²) < 4.78 is 5.51. The summed E-state index contributed by atoms with van der Waals surface area (Å²) in [5.41, 5.74) is 3.86. The average Bonchev–Trinajstić information content (AvgIpc) is 2.62. The minimum absolute atomic E-state index is 0.270. The fourth-order valence-electron chi connectivity index (χ4n) is 3.22.